The first-order valence-corrected chi connectivity index (χ1v) is 5.30. The van der Waals surface area contributed by atoms with Crippen molar-refractivity contribution in [2.24, 2.45) is 5.11 Å². The van der Waals surface area contributed by atoms with E-state index in [4.69, 9.17) is 15.6 Å². The molecular formula is C8H9BIN3O2. The van der Waals surface area contributed by atoms with Crippen LogP contribution in [-0.2, 0) is 6.54 Å². The summed E-state index contributed by atoms with van der Waals surface area (Å²) in [5, 5.41) is 21.7. The summed E-state index contributed by atoms with van der Waals surface area (Å²) >= 11 is 2.08. The Balaban J connectivity index is 3.21. The predicted molar refractivity (Wildman–Crippen MR) is 66.6 cm³/mol. The van der Waals surface area contributed by atoms with Crippen molar-refractivity contribution in [3.8, 4) is 0 Å². The van der Waals surface area contributed by atoms with Crippen LogP contribution in [0.15, 0.2) is 17.2 Å². The van der Waals surface area contributed by atoms with Gasteiger partial charge in [-0.15, -0.1) is 0 Å². The number of rotatable bonds is 3. The SMILES string of the molecule is Cc1c(CN=[N+]=[N-])cc(I)cc1B(O)O. The third kappa shape index (κ3) is 3.10. The molecule has 0 heterocycles. The van der Waals surface area contributed by atoms with E-state index in [1.807, 2.05) is 6.07 Å². The highest BCUT2D eigenvalue weighted by atomic mass is 127. The largest absolute Gasteiger partial charge is 0.488 e. The van der Waals surface area contributed by atoms with Gasteiger partial charge in [0.1, 0.15) is 0 Å². The summed E-state index contributed by atoms with van der Waals surface area (Å²) in [6.07, 6.45) is 0. The van der Waals surface area contributed by atoms with Crippen molar-refractivity contribution in [2.45, 2.75) is 13.5 Å². The smallest absolute Gasteiger partial charge is 0.423 e. The Hall–Kier alpha value is -0.755. The lowest BCUT2D eigenvalue weighted by Gasteiger charge is -2.10. The second-order valence-corrected chi connectivity index (χ2v) is 4.29. The number of halogens is 1. The van der Waals surface area contributed by atoms with Crippen molar-refractivity contribution in [1.29, 1.82) is 0 Å². The highest BCUT2D eigenvalue weighted by Crippen LogP contribution is 2.13. The maximum Gasteiger partial charge on any atom is 0.488 e. The molecule has 0 aliphatic rings. The zero-order valence-corrected chi connectivity index (χ0v) is 10.2. The number of hydrogen-bond acceptors (Lipinski definition) is 3. The van der Waals surface area contributed by atoms with E-state index >= 15 is 0 Å². The van der Waals surface area contributed by atoms with E-state index < -0.39 is 7.12 Å². The van der Waals surface area contributed by atoms with Gasteiger partial charge < -0.3 is 10.0 Å². The third-order valence-electron chi connectivity index (χ3n) is 2.10. The van der Waals surface area contributed by atoms with Gasteiger partial charge in [-0.25, -0.2) is 0 Å². The zero-order chi connectivity index (χ0) is 11.4. The van der Waals surface area contributed by atoms with E-state index in [1.165, 1.54) is 0 Å². The number of nitrogens with zero attached hydrogens (tertiary/aromatic N) is 3. The van der Waals surface area contributed by atoms with Crippen LogP contribution in [0.2, 0.25) is 0 Å². The van der Waals surface area contributed by atoms with Gasteiger partial charge >= 0.3 is 7.12 Å². The summed E-state index contributed by atoms with van der Waals surface area (Å²) in [6, 6.07) is 3.55. The average Bonchev–Trinajstić information content (AvgIpc) is 2.18. The Morgan fingerprint density at radius 1 is 1.53 bits per heavy atom. The molecule has 0 fully saturated rings. The second-order valence-electron chi connectivity index (χ2n) is 3.04. The predicted octanol–water partition coefficient (Wildman–Crippen LogP) is 1.09. The van der Waals surface area contributed by atoms with Crippen LogP contribution in [0, 0.1) is 10.5 Å². The fourth-order valence-corrected chi connectivity index (χ4v) is 2.01. The lowest BCUT2D eigenvalue weighted by Crippen LogP contribution is -2.33. The summed E-state index contributed by atoms with van der Waals surface area (Å²) in [5.74, 6) is 0. The Labute approximate surface area is 101 Å². The fourth-order valence-electron chi connectivity index (χ4n) is 1.30. The molecular weight excluding hydrogens is 308 g/mol. The van der Waals surface area contributed by atoms with Crippen molar-refractivity contribution in [3.63, 3.8) is 0 Å². The zero-order valence-electron chi connectivity index (χ0n) is 8.05. The number of benzene rings is 1. The summed E-state index contributed by atoms with van der Waals surface area (Å²) in [4.78, 5) is 2.67. The lowest BCUT2D eigenvalue weighted by atomic mass is 9.76. The summed E-state index contributed by atoms with van der Waals surface area (Å²) in [6.45, 7) is 1.99. The van der Waals surface area contributed by atoms with Crippen molar-refractivity contribution in [3.05, 3.63) is 37.3 Å². The minimum absolute atomic E-state index is 0.221. The highest BCUT2D eigenvalue weighted by Gasteiger charge is 2.16. The molecule has 0 aliphatic heterocycles. The topological polar surface area (TPSA) is 89.2 Å². The van der Waals surface area contributed by atoms with Crippen LogP contribution in [0.25, 0.3) is 10.4 Å². The molecule has 0 saturated heterocycles. The summed E-state index contributed by atoms with van der Waals surface area (Å²) in [5.41, 5.74) is 10.2. The van der Waals surface area contributed by atoms with E-state index in [2.05, 4.69) is 32.6 Å². The highest BCUT2D eigenvalue weighted by molar-refractivity contribution is 14.1. The van der Waals surface area contributed by atoms with Crippen molar-refractivity contribution >= 4 is 35.2 Å². The van der Waals surface area contributed by atoms with Crippen LogP contribution in [0.1, 0.15) is 11.1 Å². The van der Waals surface area contributed by atoms with Crippen molar-refractivity contribution in [1.82, 2.24) is 0 Å². The van der Waals surface area contributed by atoms with Crippen LogP contribution in [-0.4, -0.2) is 17.2 Å². The molecule has 5 nitrogen and oxygen atoms in total. The van der Waals surface area contributed by atoms with E-state index in [1.54, 1.807) is 13.0 Å². The molecule has 1 aromatic carbocycles. The number of hydrogen-bond donors (Lipinski definition) is 2. The van der Waals surface area contributed by atoms with Crippen LogP contribution in [0.4, 0.5) is 0 Å². The van der Waals surface area contributed by atoms with Crippen LogP contribution in [0.5, 0.6) is 0 Å². The molecule has 2 N–H and O–H groups in total. The van der Waals surface area contributed by atoms with Gasteiger partial charge in [-0.1, -0.05) is 5.11 Å². The molecule has 0 aliphatic carbocycles. The van der Waals surface area contributed by atoms with E-state index in [-0.39, 0.29) is 6.54 Å². The van der Waals surface area contributed by atoms with Gasteiger partial charge in [0.25, 0.3) is 0 Å². The van der Waals surface area contributed by atoms with Crippen molar-refractivity contribution < 1.29 is 10.0 Å². The number of azide groups is 1. The van der Waals surface area contributed by atoms with E-state index in [0.29, 0.717) is 5.46 Å². The van der Waals surface area contributed by atoms with Gasteiger partial charge in [0, 0.05) is 8.48 Å². The molecule has 0 spiro atoms. The normalized spacial score (nSPS) is 9.60. The summed E-state index contributed by atoms with van der Waals surface area (Å²) < 4.78 is 0.879. The minimum Gasteiger partial charge on any atom is -0.423 e. The third-order valence-corrected chi connectivity index (χ3v) is 2.73. The molecule has 78 valence electrons. The molecule has 15 heavy (non-hydrogen) atoms. The lowest BCUT2D eigenvalue weighted by molar-refractivity contribution is 0.425. The summed E-state index contributed by atoms with van der Waals surface area (Å²) in [7, 11) is -1.50. The molecule has 0 amide bonds. The molecule has 7 heteroatoms. The van der Waals surface area contributed by atoms with Gasteiger partial charge in [0.05, 0.1) is 6.54 Å². The molecule has 0 atom stereocenters. The van der Waals surface area contributed by atoms with Gasteiger partial charge in [0.2, 0.25) is 0 Å². The second kappa shape index (κ2) is 5.36. The monoisotopic (exact) mass is 317 g/mol. The maximum absolute atomic E-state index is 9.13. The average molecular weight is 317 g/mol. The van der Waals surface area contributed by atoms with Crippen LogP contribution < -0.4 is 5.46 Å². The molecule has 1 aromatic rings. The van der Waals surface area contributed by atoms with E-state index in [0.717, 1.165) is 14.7 Å². The van der Waals surface area contributed by atoms with Crippen LogP contribution >= 0.6 is 22.6 Å². The first-order chi connectivity index (χ1) is 7.06. The quantitative estimate of drug-likeness (QED) is 0.287. The van der Waals surface area contributed by atoms with Crippen LogP contribution in [0.3, 0.4) is 0 Å². The van der Waals surface area contributed by atoms with Gasteiger partial charge in [0.15, 0.2) is 0 Å². The van der Waals surface area contributed by atoms with Gasteiger partial charge in [-0.05, 0) is 63.8 Å². The van der Waals surface area contributed by atoms with Crippen molar-refractivity contribution in [2.75, 3.05) is 0 Å². The molecule has 0 saturated carbocycles. The Morgan fingerprint density at radius 2 is 2.20 bits per heavy atom. The maximum atomic E-state index is 9.13. The first-order valence-electron chi connectivity index (χ1n) is 4.22. The van der Waals surface area contributed by atoms with Gasteiger partial charge in [-0.2, -0.15) is 0 Å². The standard InChI is InChI=1S/C8H9BIN3O2/c1-5-6(4-12-13-11)2-7(10)3-8(5)9(14)15/h2-3,14-15H,4H2,1H3. The Bertz CT molecular complexity index is 419. The fraction of sp³-hybridized carbons (Fsp3) is 0.250. The van der Waals surface area contributed by atoms with Gasteiger partial charge in [-0.3, -0.25) is 0 Å². The molecule has 1 rings (SSSR count). The molecule has 0 unspecified atom stereocenters. The molecule has 0 radical (unpaired) electrons. The first kappa shape index (κ1) is 12.3. The van der Waals surface area contributed by atoms with E-state index in [9.17, 15) is 0 Å². The molecule has 0 bridgehead atoms. The minimum atomic E-state index is -1.50. The molecule has 0 aromatic heterocycles. The Kier molecular flexibility index (Phi) is 4.40. The Morgan fingerprint density at radius 3 is 2.73 bits per heavy atom.